The van der Waals surface area contributed by atoms with E-state index in [1.165, 1.54) is 0 Å². The molecule has 0 aliphatic carbocycles. The van der Waals surface area contributed by atoms with Gasteiger partial charge < -0.3 is 9.72 Å². The van der Waals surface area contributed by atoms with Crippen molar-refractivity contribution in [2.24, 2.45) is 4.99 Å². The van der Waals surface area contributed by atoms with Gasteiger partial charge in [-0.3, -0.25) is 4.99 Å². The second-order valence-electron chi connectivity index (χ2n) is 5.68. The molecule has 4 nitrogen and oxygen atoms in total. The summed E-state index contributed by atoms with van der Waals surface area (Å²) in [5, 5.41) is 0. The summed E-state index contributed by atoms with van der Waals surface area (Å²) in [4.78, 5) is 12.5. The van der Waals surface area contributed by atoms with Crippen molar-refractivity contribution in [1.29, 1.82) is 0 Å². The van der Waals surface area contributed by atoms with Crippen molar-refractivity contribution >= 4 is 22.9 Å². The highest BCUT2D eigenvalue weighted by atomic mass is 16.5. The lowest BCUT2D eigenvalue weighted by molar-refractivity contribution is 0.415. The predicted octanol–water partition coefficient (Wildman–Crippen LogP) is 4.99. The molecule has 1 heterocycles. The van der Waals surface area contributed by atoms with Gasteiger partial charge in [0.05, 0.1) is 23.8 Å². The molecule has 0 saturated heterocycles. The van der Waals surface area contributed by atoms with Crippen molar-refractivity contribution in [3.05, 3.63) is 78.4 Å². The number of H-pyrrole nitrogens is 1. The number of benzene rings is 3. The molecule has 0 saturated carbocycles. The summed E-state index contributed by atoms with van der Waals surface area (Å²) in [5.41, 5.74) is 4.98. The molecule has 122 valence electrons. The van der Waals surface area contributed by atoms with Crippen LogP contribution in [0, 0.1) is 0 Å². The fourth-order valence-electron chi connectivity index (χ4n) is 2.63. The number of aliphatic imine (C=N–C) groups is 1. The minimum absolute atomic E-state index is 0.840. The van der Waals surface area contributed by atoms with Crippen LogP contribution in [0.4, 0.5) is 5.69 Å². The number of ether oxygens (including phenoxy) is 1. The molecule has 4 heteroatoms. The molecule has 1 N–H and O–H groups in total. The SMILES string of the molecule is COc1ccc(C=Nc2ccc(-c3nc4ccccc4[nH]3)cc2)cc1. The molecule has 4 rings (SSSR count). The first-order valence-electron chi connectivity index (χ1n) is 8.05. The van der Waals surface area contributed by atoms with Gasteiger partial charge >= 0.3 is 0 Å². The van der Waals surface area contributed by atoms with Crippen LogP contribution in [-0.4, -0.2) is 23.3 Å². The molecule has 25 heavy (non-hydrogen) atoms. The molecule has 0 atom stereocenters. The number of aromatic nitrogens is 2. The number of nitrogens with zero attached hydrogens (tertiary/aromatic N) is 2. The van der Waals surface area contributed by atoms with E-state index < -0.39 is 0 Å². The summed E-state index contributed by atoms with van der Waals surface area (Å²) < 4.78 is 5.16. The number of aromatic amines is 1. The number of fused-ring (bicyclic) bond motifs is 1. The molecule has 0 fully saturated rings. The molecule has 0 unspecified atom stereocenters. The maximum Gasteiger partial charge on any atom is 0.138 e. The van der Waals surface area contributed by atoms with Crippen LogP contribution < -0.4 is 4.74 Å². The number of rotatable bonds is 4. The number of methoxy groups -OCH3 is 1. The van der Waals surface area contributed by atoms with Gasteiger partial charge in [0.2, 0.25) is 0 Å². The largest absolute Gasteiger partial charge is 0.497 e. The van der Waals surface area contributed by atoms with Crippen LogP contribution in [0.5, 0.6) is 5.75 Å². The van der Waals surface area contributed by atoms with E-state index in [4.69, 9.17) is 4.74 Å². The molecule has 1 aromatic heterocycles. The summed E-state index contributed by atoms with van der Waals surface area (Å²) in [6, 6.07) is 23.9. The van der Waals surface area contributed by atoms with E-state index in [9.17, 15) is 0 Å². The molecule has 3 aromatic carbocycles. The molecule has 0 bridgehead atoms. The maximum absolute atomic E-state index is 5.16. The lowest BCUT2D eigenvalue weighted by atomic mass is 10.2. The second kappa shape index (κ2) is 6.61. The lowest BCUT2D eigenvalue weighted by Crippen LogP contribution is -1.84. The number of hydrogen-bond donors (Lipinski definition) is 1. The molecule has 4 aromatic rings. The van der Waals surface area contributed by atoms with Crippen LogP contribution >= 0.6 is 0 Å². The van der Waals surface area contributed by atoms with E-state index in [1.807, 2.05) is 79.0 Å². The van der Waals surface area contributed by atoms with Gasteiger partial charge in [-0.05, 0) is 66.2 Å². The second-order valence-corrected chi connectivity index (χ2v) is 5.68. The quantitative estimate of drug-likeness (QED) is 0.537. The third-order valence-corrected chi connectivity index (χ3v) is 4.01. The summed E-state index contributed by atoms with van der Waals surface area (Å²) in [6.45, 7) is 0. The average molecular weight is 327 g/mol. The highest BCUT2D eigenvalue weighted by molar-refractivity contribution is 5.82. The Morgan fingerprint density at radius 1 is 0.920 bits per heavy atom. The van der Waals surface area contributed by atoms with Crippen molar-refractivity contribution in [3.8, 4) is 17.1 Å². The molecule has 0 amide bonds. The molecule has 0 spiro atoms. The minimum Gasteiger partial charge on any atom is -0.497 e. The van der Waals surface area contributed by atoms with Crippen LogP contribution in [0.2, 0.25) is 0 Å². The fraction of sp³-hybridized carbons (Fsp3) is 0.0476. The van der Waals surface area contributed by atoms with Crippen molar-refractivity contribution in [1.82, 2.24) is 9.97 Å². The van der Waals surface area contributed by atoms with Crippen LogP contribution in [0.25, 0.3) is 22.4 Å². The normalized spacial score (nSPS) is 11.2. The molecular formula is C21H17N3O. The number of nitrogens with one attached hydrogen (secondary N) is 1. The Morgan fingerprint density at radius 2 is 1.68 bits per heavy atom. The lowest BCUT2D eigenvalue weighted by Gasteiger charge is -2.00. The van der Waals surface area contributed by atoms with Crippen LogP contribution in [-0.2, 0) is 0 Å². The summed E-state index contributed by atoms with van der Waals surface area (Å²) in [7, 11) is 1.66. The van der Waals surface area contributed by atoms with Crippen molar-refractivity contribution < 1.29 is 4.74 Å². The van der Waals surface area contributed by atoms with E-state index in [0.717, 1.165) is 39.4 Å². The Kier molecular flexibility index (Phi) is 4.01. The van der Waals surface area contributed by atoms with E-state index in [0.29, 0.717) is 0 Å². The third kappa shape index (κ3) is 3.28. The number of para-hydroxylation sites is 2. The number of imidazole rings is 1. The van der Waals surface area contributed by atoms with Gasteiger partial charge in [0.25, 0.3) is 0 Å². The summed E-state index contributed by atoms with van der Waals surface area (Å²) in [5.74, 6) is 1.71. The predicted molar refractivity (Wildman–Crippen MR) is 102 cm³/mol. The van der Waals surface area contributed by atoms with Gasteiger partial charge in [0.15, 0.2) is 0 Å². The highest BCUT2D eigenvalue weighted by Gasteiger charge is 2.04. The minimum atomic E-state index is 0.840. The zero-order chi connectivity index (χ0) is 17.1. The van der Waals surface area contributed by atoms with E-state index >= 15 is 0 Å². The molecule has 0 aliphatic heterocycles. The van der Waals surface area contributed by atoms with Gasteiger partial charge in [-0.15, -0.1) is 0 Å². The zero-order valence-electron chi connectivity index (χ0n) is 13.8. The highest BCUT2D eigenvalue weighted by Crippen LogP contribution is 2.23. The van der Waals surface area contributed by atoms with Crippen LogP contribution in [0.15, 0.2) is 77.8 Å². The topological polar surface area (TPSA) is 50.3 Å². The Bertz CT molecular complexity index is 982. The monoisotopic (exact) mass is 327 g/mol. The fourth-order valence-corrected chi connectivity index (χ4v) is 2.63. The van der Waals surface area contributed by atoms with Crippen molar-refractivity contribution in [3.63, 3.8) is 0 Å². The van der Waals surface area contributed by atoms with Gasteiger partial charge in [-0.1, -0.05) is 12.1 Å². The Hall–Kier alpha value is -3.40. The first-order chi connectivity index (χ1) is 12.3. The summed E-state index contributed by atoms with van der Waals surface area (Å²) >= 11 is 0. The van der Waals surface area contributed by atoms with Gasteiger partial charge in [-0.25, -0.2) is 4.98 Å². The van der Waals surface area contributed by atoms with Crippen LogP contribution in [0.3, 0.4) is 0 Å². The number of hydrogen-bond acceptors (Lipinski definition) is 3. The van der Waals surface area contributed by atoms with Crippen LogP contribution in [0.1, 0.15) is 5.56 Å². The Balaban J connectivity index is 1.53. The Morgan fingerprint density at radius 3 is 2.40 bits per heavy atom. The first-order valence-corrected chi connectivity index (χ1v) is 8.05. The summed E-state index contributed by atoms with van der Waals surface area (Å²) in [6.07, 6.45) is 1.84. The van der Waals surface area contributed by atoms with E-state index in [-0.39, 0.29) is 0 Å². The van der Waals surface area contributed by atoms with Crippen molar-refractivity contribution in [2.45, 2.75) is 0 Å². The van der Waals surface area contributed by atoms with E-state index in [2.05, 4.69) is 15.0 Å². The maximum atomic E-state index is 5.16. The average Bonchev–Trinajstić information content (AvgIpc) is 3.11. The third-order valence-electron chi connectivity index (χ3n) is 4.01. The van der Waals surface area contributed by atoms with Gasteiger partial charge in [-0.2, -0.15) is 0 Å². The van der Waals surface area contributed by atoms with E-state index in [1.54, 1.807) is 7.11 Å². The zero-order valence-corrected chi connectivity index (χ0v) is 13.8. The smallest absolute Gasteiger partial charge is 0.138 e. The standard InChI is InChI=1S/C21H17N3O/c1-25-18-12-6-15(7-13-18)14-22-17-10-8-16(9-11-17)21-23-19-4-2-3-5-20(19)24-21/h2-14H,1H3,(H,23,24). The molecule has 0 radical (unpaired) electrons. The van der Waals surface area contributed by atoms with Crippen molar-refractivity contribution in [2.75, 3.05) is 7.11 Å². The first kappa shape index (κ1) is 15.1. The van der Waals surface area contributed by atoms with Gasteiger partial charge in [0, 0.05) is 11.8 Å². The molecular weight excluding hydrogens is 310 g/mol. The van der Waals surface area contributed by atoms with Gasteiger partial charge in [0.1, 0.15) is 11.6 Å². The Labute approximate surface area is 145 Å². The molecule has 0 aliphatic rings.